The van der Waals surface area contributed by atoms with Crippen LogP contribution in [0.2, 0.25) is 0 Å². The summed E-state index contributed by atoms with van der Waals surface area (Å²) < 4.78 is 20.5. The van der Waals surface area contributed by atoms with Crippen molar-refractivity contribution < 1.29 is 38.1 Å². The molecule has 0 aliphatic carbocycles. The molecule has 1 unspecified atom stereocenters. The van der Waals surface area contributed by atoms with Crippen LogP contribution in [0, 0.1) is 0 Å². The molecule has 0 heterocycles. The van der Waals surface area contributed by atoms with Crippen LogP contribution in [0.4, 0.5) is 0 Å². The van der Waals surface area contributed by atoms with E-state index in [0.29, 0.717) is 11.1 Å². The summed E-state index contributed by atoms with van der Waals surface area (Å²) in [4.78, 5) is 47.2. The predicted molar refractivity (Wildman–Crippen MR) is 118 cm³/mol. The number of benzene rings is 2. The number of methoxy groups -OCH3 is 1. The zero-order valence-corrected chi connectivity index (χ0v) is 19.0. The van der Waals surface area contributed by atoms with E-state index in [2.05, 4.69) is 5.32 Å². The average Bonchev–Trinajstić information content (AvgIpc) is 2.77. The third-order valence-electron chi connectivity index (χ3n) is 4.41. The predicted octanol–water partition coefficient (Wildman–Crippen LogP) is 2.46. The Morgan fingerprint density at radius 3 is 2.15 bits per heavy atom. The lowest BCUT2D eigenvalue weighted by Crippen LogP contribution is -2.43. The van der Waals surface area contributed by atoms with Gasteiger partial charge in [-0.2, -0.15) is 0 Å². The first-order valence-electron chi connectivity index (χ1n) is 10.3. The molecule has 0 aromatic heterocycles. The Labute approximate surface area is 192 Å². The lowest BCUT2D eigenvalue weighted by atomic mass is 10.0. The normalized spacial score (nSPS) is 12.2. The first-order valence-corrected chi connectivity index (χ1v) is 10.3. The van der Waals surface area contributed by atoms with Gasteiger partial charge in [-0.25, -0.2) is 4.79 Å². The Morgan fingerprint density at radius 2 is 1.55 bits per heavy atom. The summed E-state index contributed by atoms with van der Waals surface area (Å²) in [5.74, 6) is -1.99. The Hall–Kier alpha value is -3.72. The molecule has 0 radical (unpaired) electrons. The van der Waals surface area contributed by atoms with Gasteiger partial charge in [0.1, 0.15) is 12.1 Å². The summed E-state index contributed by atoms with van der Waals surface area (Å²) in [5.41, 5.74) is 1.05. The SMILES string of the molecule is COC(=O)[C@H](Cc1ccc(OC(C)=O)c(OC(C)=O)c1)NCC(C)OC(=O)c1ccccc1. The van der Waals surface area contributed by atoms with Gasteiger partial charge in [-0.15, -0.1) is 0 Å². The van der Waals surface area contributed by atoms with Crippen LogP contribution in [-0.4, -0.2) is 49.7 Å². The molecule has 0 bridgehead atoms. The number of carbonyl (C=O) groups is 4. The molecule has 176 valence electrons. The van der Waals surface area contributed by atoms with E-state index in [1.54, 1.807) is 43.3 Å². The highest BCUT2D eigenvalue weighted by atomic mass is 16.6. The highest BCUT2D eigenvalue weighted by Crippen LogP contribution is 2.29. The quantitative estimate of drug-likeness (QED) is 0.424. The molecule has 1 N–H and O–H groups in total. The van der Waals surface area contributed by atoms with Crippen LogP contribution in [0.5, 0.6) is 11.5 Å². The van der Waals surface area contributed by atoms with Crippen LogP contribution in [0.25, 0.3) is 0 Å². The van der Waals surface area contributed by atoms with Crippen LogP contribution in [0.3, 0.4) is 0 Å². The Morgan fingerprint density at radius 1 is 0.909 bits per heavy atom. The van der Waals surface area contributed by atoms with Crippen molar-refractivity contribution in [3.8, 4) is 11.5 Å². The van der Waals surface area contributed by atoms with E-state index < -0.39 is 36.0 Å². The van der Waals surface area contributed by atoms with Gasteiger partial charge in [-0.3, -0.25) is 14.4 Å². The summed E-state index contributed by atoms with van der Waals surface area (Å²) in [6.45, 7) is 4.35. The maximum atomic E-state index is 12.3. The van der Waals surface area contributed by atoms with Crippen molar-refractivity contribution in [2.45, 2.75) is 39.3 Å². The van der Waals surface area contributed by atoms with Gasteiger partial charge in [-0.1, -0.05) is 24.3 Å². The van der Waals surface area contributed by atoms with E-state index in [-0.39, 0.29) is 24.5 Å². The molecule has 0 saturated carbocycles. The molecule has 33 heavy (non-hydrogen) atoms. The maximum Gasteiger partial charge on any atom is 0.338 e. The van der Waals surface area contributed by atoms with Crippen molar-refractivity contribution in [3.05, 3.63) is 59.7 Å². The van der Waals surface area contributed by atoms with E-state index in [1.807, 2.05) is 0 Å². The number of carbonyl (C=O) groups excluding carboxylic acids is 4. The number of rotatable bonds is 10. The van der Waals surface area contributed by atoms with Gasteiger partial charge in [-0.05, 0) is 43.2 Å². The van der Waals surface area contributed by atoms with Gasteiger partial charge in [0.25, 0.3) is 0 Å². The highest BCUT2D eigenvalue weighted by molar-refractivity contribution is 5.89. The van der Waals surface area contributed by atoms with Gasteiger partial charge < -0.3 is 24.3 Å². The zero-order valence-electron chi connectivity index (χ0n) is 19.0. The molecule has 9 nitrogen and oxygen atoms in total. The van der Waals surface area contributed by atoms with Gasteiger partial charge >= 0.3 is 23.9 Å². The summed E-state index contributed by atoms with van der Waals surface area (Å²) in [6.07, 6.45) is -0.339. The van der Waals surface area contributed by atoms with Crippen molar-refractivity contribution in [3.63, 3.8) is 0 Å². The van der Waals surface area contributed by atoms with Crippen molar-refractivity contribution in [2.75, 3.05) is 13.7 Å². The van der Waals surface area contributed by atoms with Crippen molar-refractivity contribution in [2.24, 2.45) is 0 Å². The Kier molecular flexibility index (Phi) is 9.56. The van der Waals surface area contributed by atoms with E-state index in [1.165, 1.54) is 33.1 Å². The van der Waals surface area contributed by atoms with Crippen molar-refractivity contribution >= 4 is 23.9 Å². The Bertz CT molecular complexity index is 989. The fraction of sp³-hybridized carbons (Fsp3) is 0.333. The van der Waals surface area contributed by atoms with Crippen LogP contribution in [0.15, 0.2) is 48.5 Å². The third kappa shape index (κ3) is 8.38. The van der Waals surface area contributed by atoms with E-state index in [9.17, 15) is 19.2 Å². The molecule has 2 atom stereocenters. The van der Waals surface area contributed by atoms with Gasteiger partial charge in [0.15, 0.2) is 11.5 Å². The number of hydrogen-bond donors (Lipinski definition) is 1. The third-order valence-corrected chi connectivity index (χ3v) is 4.41. The molecule has 0 amide bonds. The molecule has 2 rings (SSSR count). The largest absolute Gasteiger partial charge is 0.468 e. The second-order valence-electron chi connectivity index (χ2n) is 7.24. The molecular weight excluding hydrogens is 430 g/mol. The summed E-state index contributed by atoms with van der Waals surface area (Å²) >= 11 is 0. The highest BCUT2D eigenvalue weighted by Gasteiger charge is 2.22. The smallest absolute Gasteiger partial charge is 0.338 e. The average molecular weight is 457 g/mol. The zero-order chi connectivity index (χ0) is 24.4. The van der Waals surface area contributed by atoms with Gasteiger partial charge in [0.2, 0.25) is 0 Å². The topological polar surface area (TPSA) is 117 Å². The minimum absolute atomic E-state index is 0.0592. The summed E-state index contributed by atoms with van der Waals surface area (Å²) in [7, 11) is 1.27. The molecule has 0 fully saturated rings. The molecule has 0 aliphatic heterocycles. The van der Waals surface area contributed by atoms with Gasteiger partial charge in [0.05, 0.1) is 12.7 Å². The van der Waals surface area contributed by atoms with Crippen molar-refractivity contribution in [1.29, 1.82) is 0 Å². The van der Waals surface area contributed by atoms with Crippen LogP contribution in [0.1, 0.15) is 36.7 Å². The molecule has 2 aromatic rings. The van der Waals surface area contributed by atoms with E-state index in [0.717, 1.165) is 0 Å². The van der Waals surface area contributed by atoms with E-state index in [4.69, 9.17) is 18.9 Å². The lowest BCUT2D eigenvalue weighted by molar-refractivity contribution is -0.143. The minimum atomic E-state index is -0.766. The monoisotopic (exact) mass is 457 g/mol. The molecule has 0 spiro atoms. The number of hydrogen-bond acceptors (Lipinski definition) is 9. The molecule has 2 aromatic carbocycles. The summed E-state index contributed by atoms with van der Waals surface area (Å²) in [6, 6.07) is 12.4. The van der Waals surface area contributed by atoms with Crippen LogP contribution in [-0.2, 0) is 30.3 Å². The number of esters is 4. The molecular formula is C24H27NO8. The molecule has 0 saturated heterocycles. The van der Waals surface area contributed by atoms with Gasteiger partial charge in [0, 0.05) is 20.4 Å². The molecule has 0 aliphatic rings. The second-order valence-corrected chi connectivity index (χ2v) is 7.24. The van der Waals surface area contributed by atoms with E-state index >= 15 is 0 Å². The first kappa shape index (κ1) is 25.5. The van der Waals surface area contributed by atoms with Crippen LogP contribution >= 0.6 is 0 Å². The fourth-order valence-corrected chi connectivity index (χ4v) is 2.94. The number of nitrogens with one attached hydrogen (secondary N) is 1. The molecule has 9 heteroatoms. The second kappa shape index (κ2) is 12.4. The fourth-order valence-electron chi connectivity index (χ4n) is 2.94. The minimum Gasteiger partial charge on any atom is -0.468 e. The Balaban J connectivity index is 2.07. The standard InChI is InChI=1S/C24H27NO8/c1-15(31-23(28)19-8-6-5-7-9-19)14-25-20(24(29)30-4)12-18-10-11-21(32-16(2)26)22(13-18)33-17(3)27/h5-11,13,15,20,25H,12,14H2,1-4H3/t15?,20-/m0/s1. The number of ether oxygens (including phenoxy) is 4. The maximum absolute atomic E-state index is 12.3. The first-order chi connectivity index (χ1) is 15.7. The lowest BCUT2D eigenvalue weighted by Gasteiger charge is -2.20. The summed E-state index contributed by atoms with van der Waals surface area (Å²) in [5, 5.41) is 3.04. The van der Waals surface area contributed by atoms with Crippen LogP contribution < -0.4 is 14.8 Å². The van der Waals surface area contributed by atoms with Crippen molar-refractivity contribution in [1.82, 2.24) is 5.32 Å².